The molecule has 1 aromatic rings. The van der Waals surface area contributed by atoms with Crippen molar-refractivity contribution in [1.29, 1.82) is 0 Å². The number of hydrogen-bond acceptors (Lipinski definition) is 4. The van der Waals surface area contributed by atoms with E-state index in [4.69, 9.17) is 5.73 Å². The summed E-state index contributed by atoms with van der Waals surface area (Å²) in [5.74, 6) is -0.191. The fraction of sp³-hybridized carbons (Fsp3) is 0.636. The molecule has 5 heteroatoms. The largest absolute Gasteiger partial charge is 0.368 e. The maximum absolute atomic E-state index is 13.4. The topological polar surface area (TPSA) is 63.8 Å². The Kier molecular flexibility index (Phi) is 2.12. The minimum atomic E-state index is -0.465. The summed E-state index contributed by atoms with van der Waals surface area (Å²) >= 11 is 0. The highest BCUT2D eigenvalue weighted by atomic mass is 19.1. The Morgan fingerprint density at radius 1 is 1.31 bits per heavy atom. The number of nitrogens with two attached hydrogens (primary N) is 1. The van der Waals surface area contributed by atoms with E-state index in [-0.39, 0.29) is 28.6 Å². The van der Waals surface area contributed by atoms with Crippen LogP contribution in [0.25, 0.3) is 0 Å². The smallest absolute Gasteiger partial charge is 0.222 e. The van der Waals surface area contributed by atoms with E-state index in [9.17, 15) is 4.39 Å². The zero-order valence-corrected chi connectivity index (χ0v) is 10.0. The van der Waals surface area contributed by atoms with E-state index in [0.29, 0.717) is 0 Å². The Labute approximate surface area is 94.5 Å². The normalized spacial score (nSPS) is 21.8. The average Bonchev–Trinajstić information content (AvgIpc) is 2.54. The van der Waals surface area contributed by atoms with Crippen molar-refractivity contribution >= 4 is 11.8 Å². The van der Waals surface area contributed by atoms with Gasteiger partial charge in [-0.25, -0.2) is 9.37 Å². The fourth-order valence-corrected chi connectivity index (χ4v) is 2.18. The first kappa shape index (κ1) is 11.1. The van der Waals surface area contributed by atoms with Crippen LogP contribution in [0.1, 0.15) is 27.7 Å². The Morgan fingerprint density at radius 2 is 1.88 bits per heavy atom. The highest BCUT2D eigenvalue weighted by Gasteiger charge is 2.65. The zero-order chi connectivity index (χ0) is 12.1. The lowest BCUT2D eigenvalue weighted by Crippen LogP contribution is -2.14. The number of aromatic nitrogens is 2. The van der Waals surface area contributed by atoms with E-state index in [2.05, 4.69) is 43.0 Å². The first-order valence-electron chi connectivity index (χ1n) is 5.31. The molecule has 88 valence electrons. The average molecular weight is 224 g/mol. The van der Waals surface area contributed by atoms with Crippen LogP contribution in [-0.4, -0.2) is 16.0 Å². The van der Waals surface area contributed by atoms with Crippen LogP contribution in [0.2, 0.25) is 0 Å². The Balaban J connectivity index is 2.21. The van der Waals surface area contributed by atoms with Crippen LogP contribution in [0.4, 0.5) is 16.2 Å². The second kappa shape index (κ2) is 3.06. The monoisotopic (exact) mass is 224 g/mol. The lowest BCUT2D eigenvalue weighted by atomic mass is 10.0. The maximum atomic E-state index is 13.4. The number of anilines is 2. The molecular formula is C11H17FN4. The number of rotatable bonds is 2. The van der Waals surface area contributed by atoms with Gasteiger partial charge >= 0.3 is 0 Å². The first-order chi connectivity index (χ1) is 7.26. The predicted molar refractivity (Wildman–Crippen MR) is 61.4 cm³/mol. The van der Waals surface area contributed by atoms with Crippen molar-refractivity contribution < 1.29 is 4.39 Å². The molecule has 1 heterocycles. The molecule has 4 nitrogen and oxygen atoms in total. The minimum Gasteiger partial charge on any atom is -0.368 e. The lowest BCUT2D eigenvalue weighted by molar-refractivity contribution is 0.457. The molecule has 1 fully saturated rings. The molecule has 0 spiro atoms. The van der Waals surface area contributed by atoms with E-state index in [1.165, 1.54) is 0 Å². The lowest BCUT2D eigenvalue weighted by Gasteiger charge is -2.08. The van der Waals surface area contributed by atoms with Gasteiger partial charge in [-0.2, -0.15) is 4.98 Å². The molecule has 3 N–H and O–H groups in total. The van der Waals surface area contributed by atoms with E-state index >= 15 is 0 Å². The molecule has 0 radical (unpaired) electrons. The molecule has 2 rings (SSSR count). The van der Waals surface area contributed by atoms with E-state index in [0.717, 1.165) is 6.20 Å². The summed E-state index contributed by atoms with van der Waals surface area (Å²) < 4.78 is 13.4. The molecule has 1 aromatic heterocycles. The van der Waals surface area contributed by atoms with Gasteiger partial charge in [0.2, 0.25) is 5.95 Å². The minimum absolute atomic E-state index is 0.0835. The van der Waals surface area contributed by atoms with Crippen molar-refractivity contribution in [3.05, 3.63) is 12.0 Å². The summed E-state index contributed by atoms with van der Waals surface area (Å²) in [6, 6.07) is 0.198. The summed E-state index contributed by atoms with van der Waals surface area (Å²) in [6.07, 6.45) is 1.09. The molecule has 0 aromatic carbocycles. The van der Waals surface area contributed by atoms with Gasteiger partial charge in [-0.05, 0) is 10.8 Å². The zero-order valence-electron chi connectivity index (χ0n) is 10.0. The summed E-state index contributed by atoms with van der Waals surface area (Å²) in [5, 5.41) is 3.10. The first-order valence-corrected chi connectivity index (χ1v) is 5.31. The fourth-order valence-electron chi connectivity index (χ4n) is 2.18. The van der Waals surface area contributed by atoms with Crippen molar-refractivity contribution in [1.82, 2.24) is 9.97 Å². The van der Waals surface area contributed by atoms with E-state index in [1.54, 1.807) is 0 Å². The number of hydrogen-bond donors (Lipinski definition) is 2. The van der Waals surface area contributed by atoms with Gasteiger partial charge in [0.05, 0.1) is 6.20 Å². The van der Waals surface area contributed by atoms with Gasteiger partial charge in [0, 0.05) is 6.04 Å². The Morgan fingerprint density at radius 3 is 2.38 bits per heavy atom. The van der Waals surface area contributed by atoms with Gasteiger partial charge in [-0.15, -0.1) is 0 Å². The third-order valence-electron chi connectivity index (χ3n) is 4.06. The predicted octanol–water partition coefficient (Wildman–Crippen LogP) is 2.04. The molecule has 1 saturated carbocycles. The van der Waals surface area contributed by atoms with Crippen molar-refractivity contribution in [3.8, 4) is 0 Å². The number of nitrogens with zero attached hydrogens (tertiary/aromatic N) is 2. The van der Waals surface area contributed by atoms with E-state index in [1.807, 2.05) is 0 Å². The Hall–Kier alpha value is -1.39. The van der Waals surface area contributed by atoms with Gasteiger partial charge < -0.3 is 11.1 Å². The highest BCUT2D eigenvalue weighted by molar-refractivity contribution is 5.44. The second-order valence-corrected chi connectivity index (χ2v) is 5.45. The van der Waals surface area contributed by atoms with Crippen LogP contribution in [-0.2, 0) is 0 Å². The van der Waals surface area contributed by atoms with Gasteiger partial charge in [0.15, 0.2) is 11.6 Å². The van der Waals surface area contributed by atoms with Crippen molar-refractivity contribution in [3.63, 3.8) is 0 Å². The molecule has 16 heavy (non-hydrogen) atoms. The molecule has 0 atom stereocenters. The number of nitrogens with one attached hydrogen (secondary N) is 1. The molecule has 0 saturated heterocycles. The van der Waals surface area contributed by atoms with Crippen molar-refractivity contribution in [2.45, 2.75) is 33.7 Å². The summed E-state index contributed by atoms with van der Waals surface area (Å²) in [5.41, 5.74) is 5.68. The highest BCUT2D eigenvalue weighted by Crippen LogP contribution is 2.63. The van der Waals surface area contributed by atoms with Gasteiger partial charge in [0.25, 0.3) is 0 Å². The van der Waals surface area contributed by atoms with Gasteiger partial charge in [-0.3, -0.25) is 0 Å². The molecule has 0 amide bonds. The summed E-state index contributed by atoms with van der Waals surface area (Å²) in [4.78, 5) is 7.46. The summed E-state index contributed by atoms with van der Waals surface area (Å²) in [7, 11) is 0. The molecule has 0 bridgehead atoms. The summed E-state index contributed by atoms with van der Waals surface area (Å²) in [6.45, 7) is 8.58. The molecule has 0 aliphatic heterocycles. The van der Waals surface area contributed by atoms with Crippen molar-refractivity contribution in [2.75, 3.05) is 11.1 Å². The van der Waals surface area contributed by atoms with Crippen molar-refractivity contribution in [2.24, 2.45) is 10.8 Å². The number of halogens is 1. The van der Waals surface area contributed by atoms with E-state index < -0.39 is 5.82 Å². The van der Waals surface area contributed by atoms with Crippen LogP contribution in [0, 0.1) is 16.6 Å². The van der Waals surface area contributed by atoms with Gasteiger partial charge in [0.1, 0.15) is 0 Å². The number of nitrogen functional groups attached to an aromatic ring is 1. The van der Waals surface area contributed by atoms with Crippen LogP contribution >= 0.6 is 0 Å². The maximum Gasteiger partial charge on any atom is 0.222 e. The molecule has 1 aliphatic carbocycles. The third kappa shape index (κ3) is 1.42. The second-order valence-electron chi connectivity index (χ2n) is 5.45. The van der Waals surface area contributed by atoms with Crippen LogP contribution in [0.3, 0.4) is 0 Å². The van der Waals surface area contributed by atoms with Gasteiger partial charge in [-0.1, -0.05) is 27.7 Å². The SMILES string of the molecule is CC1(C)C(Nc2nc(N)ncc2F)C1(C)C. The molecular weight excluding hydrogens is 207 g/mol. The quantitative estimate of drug-likeness (QED) is 0.807. The molecule has 0 unspecified atom stereocenters. The Bertz CT molecular complexity index is 414. The third-order valence-corrected chi connectivity index (χ3v) is 4.06. The standard InChI is InChI=1S/C11H17FN4/c1-10(2)8(11(10,3)4)15-7-6(12)5-14-9(13)16-7/h5,8H,1-4H3,(H3,13,14,15,16). The van der Waals surface area contributed by atoms with Crippen LogP contribution in [0.5, 0.6) is 0 Å². The van der Waals surface area contributed by atoms with Crippen LogP contribution < -0.4 is 11.1 Å². The van der Waals surface area contributed by atoms with Crippen LogP contribution in [0.15, 0.2) is 6.20 Å². The molecule has 1 aliphatic rings.